The summed E-state index contributed by atoms with van der Waals surface area (Å²) in [6.45, 7) is 3.86. The molecule has 2 aliphatic rings. The third-order valence-corrected chi connectivity index (χ3v) is 4.68. The van der Waals surface area contributed by atoms with Gasteiger partial charge < -0.3 is 29.3 Å². The summed E-state index contributed by atoms with van der Waals surface area (Å²) in [4.78, 5) is 28.8. The molecule has 26 heavy (non-hydrogen) atoms. The standard InChI is InChI=1S/C18H25N3O5/c1-24-14-9-13(10-15(11-14)25-2)17(22)20-4-6-21(7-5-20)18(23)16-12-19-3-8-26-16/h9-11,16,19H,3-8,12H2,1-2H3. The molecule has 2 saturated heterocycles. The topological polar surface area (TPSA) is 80.3 Å². The lowest BCUT2D eigenvalue weighted by Gasteiger charge is -2.37. The van der Waals surface area contributed by atoms with Crippen LogP contribution in [0.3, 0.4) is 0 Å². The van der Waals surface area contributed by atoms with Gasteiger partial charge in [0.25, 0.3) is 11.8 Å². The maximum Gasteiger partial charge on any atom is 0.254 e. The second-order valence-electron chi connectivity index (χ2n) is 6.28. The van der Waals surface area contributed by atoms with Gasteiger partial charge in [0.1, 0.15) is 17.6 Å². The van der Waals surface area contributed by atoms with Crippen LogP contribution in [0.15, 0.2) is 18.2 Å². The van der Waals surface area contributed by atoms with Gasteiger partial charge >= 0.3 is 0 Å². The fourth-order valence-electron chi connectivity index (χ4n) is 3.17. The Hall–Kier alpha value is -2.32. The zero-order valence-corrected chi connectivity index (χ0v) is 15.2. The number of hydrogen-bond donors (Lipinski definition) is 1. The van der Waals surface area contributed by atoms with Crippen LogP contribution in [0.2, 0.25) is 0 Å². The molecule has 0 radical (unpaired) electrons. The largest absolute Gasteiger partial charge is 0.497 e. The molecule has 0 aliphatic carbocycles. The molecule has 142 valence electrons. The molecule has 0 saturated carbocycles. The number of carbonyl (C=O) groups is 2. The van der Waals surface area contributed by atoms with Gasteiger partial charge in [-0.25, -0.2) is 0 Å². The maximum atomic E-state index is 12.8. The molecule has 0 bridgehead atoms. The molecular formula is C18H25N3O5. The van der Waals surface area contributed by atoms with E-state index in [2.05, 4.69) is 5.32 Å². The van der Waals surface area contributed by atoms with Crippen molar-refractivity contribution in [2.75, 3.05) is 60.1 Å². The minimum atomic E-state index is -0.423. The molecular weight excluding hydrogens is 338 g/mol. The van der Waals surface area contributed by atoms with E-state index in [1.807, 2.05) is 0 Å². The first kappa shape index (κ1) is 18.5. The minimum absolute atomic E-state index is 0.00708. The summed E-state index contributed by atoms with van der Waals surface area (Å²) in [6, 6.07) is 5.12. The van der Waals surface area contributed by atoms with Crippen molar-refractivity contribution in [3.8, 4) is 11.5 Å². The van der Waals surface area contributed by atoms with E-state index in [0.717, 1.165) is 6.54 Å². The van der Waals surface area contributed by atoms with Crippen molar-refractivity contribution in [2.24, 2.45) is 0 Å². The Morgan fingerprint density at radius 3 is 2.19 bits per heavy atom. The average molecular weight is 363 g/mol. The van der Waals surface area contributed by atoms with E-state index < -0.39 is 6.10 Å². The van der Waals surface area contributed by atoms with E-state index in [-0.39, 0.29) is 11.8 Å². The first-order valence-electron chi connectivity index (χ1n) is 8.76. The van der Waals surface area contributed by atoms with Crippen LogP contribution in [-0.4, -0.2) is 87.8 Å². The summed E-state index contributed by atoms with van der Waals surface area (Å²) < 4.78 is 16.0. The Kier molecular flexibility index (Phi) is 5.95. The predicted molar refractivity (Wildman–Crippen MR) is 94.6 cm³/mol. The van der Waals surface area contributed by atoms with Crippen molar-refractivity contribution < 1.29 is 23.8 Å². The number of nitrogens with zero attached hydrogens (tertiary/aromatic N) is 2. The monoisotopic (exact) mass is 363 g/mol. The molecule has 0 aromatic heterocycles. The van der Waals surface area contributed by atoms with Crippen molar-refractivity contribution in [2.45, 2.75) is 6.10 Å². The number of amides is 2. The van der Waals surface area contributed by atoms with Crippen LogP contribution in [0.4, 0.5) is 0 Å². The highest BCUT2D eigenvalue weighted by atomic mass is 16.5. The van der Waals surface area contributed by atoms with Crippen molar-refractivity contribution in [1.29, 1.82) is 0 Å². The average Bonchev–Trinajstić information content (AvgIpc) is 2.73. The smallest absolute Gasteiger partial charge is 0.254 e. The molecule has 2 aliphatic heterocycles. The van der Waals surface area contributed by atoms with Gasteiger partial charge in [-0.05, 0) is 12.1 Å². The van der Waals surface area contributed by atoms with Gasteiger partial charge in [0.2, 0.25) is 0 Å². The maximum absolute atomic E-state index is 12.8. The number of benzene rings is 1. The number of nitrogens with one attached hydrogen (secondary N) is 1. The molecule has 2 amide bonds. The zero-order valence-electron chi connectivity index (χ0n) is 15.2. The third-order valence-electron chi connectivity index (χ3n) is 4.68. The molecule has 1 atom stereocenters. The quantitative estimate of drug-likeness (QED) is 0.810. The van der Waals surface area contributed by atoms with Crippen LogP contribution in [-0.2, 0) is 9.53 Å². The summed E-state index contributed by atoms with van der Waals surface area (Å²) in [7, 11) is 3.10. The van der Waals surface area contributed by atoms with E-state index in [4.69, 9.17) is 14.2 Å². The van der Waals surface area contributed by atoms with E-state index in [1.165, 1.54) is 0 Å². The Bertz CT molecular complexity index is 630. The van der Waals surface area contributed by atoms with E-state index in [1.54, 1.807) is 42.2 Å². The molecule has 1 aromatic carbocycles. The van der Waals surface area contributed by atoms with Gasteiger partial charge in [-0.3, -0.25) is 9.59 Å². The van der Waals surface area contributed by atoms with E-state index in [9.17, 15) is 9.59 Å². The number of ether oxygens (including phenoxy) is 3. The van der Waals surface area contributed by atoms with Gasteiger partial charge in [-0.15, -0.1) is 0 Å². The molecule has 2 fully saturated rings. The molecule has 1 N–H and O–H groups in total. The summed E-state index contributed by atoms with van der Waals surface area (Å²) >= 11 is 0. The number of morpholine rings is 1. The van der Waals surface area contributed by atoms with Crippen molar-refractivity contribution in [3.63, 3.8) is 0 Å². The molecule has 3 rings (SSSR count). The van der Waals surface area contributed by atoms with Crippen molar-refractivity contribution in [3.05, 3.63) is 23.8 Å². The van der Waals surface area contributed by atoms with Crippen LogP contribution in [0.1, 0.15) is 10.4 Å². The highest BCUT2D eigenvalue weighted by Gasteiger charge is 2.30. The summed E-state index contributed by atoms with van der Waals surface area (Å²) in [6.07, 6.45) is -0.423. The second kappa shape index (κ2) is 8.37. The summed E-state index contributed by atoms with van der Waals surface area (Å²) in [5.41, 5.74) is 0.515. The highest BCUT2D eigenvalue weighted by molar-refractivity contribution is 5.95. The Labute approximate surface area is 153 Å². The lowest BCUT2D eigenvalue weighted by atomic mass is 10.1. The van der Waals surface area contributed by atoms with E-state index in [0.29, 0.717) is 56.4 Å². The Morgan fingerprint density at radius 1 is 1.04 bits per heavy atom. The molecule has 1 aromatic rings. The Morgan fingerprint density at radius 2 is 1.65 bits per heavy atom. The number of methoxy groups -OCH3 is 2. The van der Waals surface area contributed by atoms with Crippen molar-refractivity contribution >= 4 is 11.8 Å². The van der Waals surface area contributed by atoms with Gasteiger partial charge in [-0.1, -0.05) is 0 Å². The van der Waals surface area contributed by atoms with E-state index >= 15 is 0 Å². The molecule has 0 spiro atoms. The number of hydrogen-bond acceptors (Lipinski definition) is 6. The normalized spacial score (nSPS) is 20.6. The fraction of sp³-hybridized carbons (Fsp3) is 0.556. The van der Waals surface area contributed by atoms with Crippen LogP contribution in [0, 0.1) is 0 Å². The minimum Gasteiger partial charge on any atom is -0.497 e. The zero-order chi connectivity index (χ0) is 18.5. The third kappa shape index (κ3) is 4.08. The molecule has 2 heterocycles. The lowest BCUT2D eigenvalue weighted by Crippen LogP contribution is -2.56. The molecule has 8 heteroatoms. The Balaban J connectivity index is 1.60. The van der Waals surface area contributed by atoms with Gasteiger partial charge in [0.15, 0.2) is 0 Å². The first-order valence-corrected chi connectivity index (χ1v) is 8.76. The predicted octanol–water partition coefficient (Wildman–Crippen LogP) is -0.0234. The SMILES string of the molecule is COc1cc(OC)cc(C(=O)N2CCN(C(=O)C3CNCCO3)CC2)c1. The number of piperazine rings is 1. The first-order chi connectivity index (χ1) is 12.6. The molecule has 8 nitrogen and oxygen atoms in total. The van der Waals surface area contributed by atoms with Gasteiger partial charge in [0.05, 0.1) is 20.8 Å². The van der Waals surface area contributed by atoms with Crippen molar-refractivity contribution in [1.82, 2.24) is 15.1 Å². The lowest BCUT2D eigenvalue weighted by molar-refractivity contribution is -0.146. The summed E-state index contributed by atoms with van der Waals surface area (Å²) in [5.74, 6) is 1.05. The van der Waals surface area contributed by atoms with Crippen LogP contribution >= 0.6 is 0 Å². The second-order valence-corrected chi connectivity index (χ2v) is 6.28. The van der Waals surface area contributed by atoms with Gasteiger partial charge in [0, 0.05) is 50.9 Å². The van der Waals surface area contributed by atoms with Crippen LogP contribution in [0.25, 0.3) is 0 Å². The number of carbonyl (C=O) groups excluding carboxylic acids is 2. The number of rotatable bonds is 4. The summed E-state index contributed by atoms with van der Waals surface area (Å²) in [5, 5.41) is 3.16. The highest BCUT2D eigenvalue weighted by Crippen LogP contribution is 2.24. The van der Waals surface area contributed by atoms with Crippen LogP contribution in [0.5, 0.6) is 11.5 Å². The van der Waals surface area contributed by atoms with Crippen LogP contribution < -0.4 is 14.8 Å². The van der Waals surface area contributed by atoms with Gasteiger partial charge in [-0.2, -0.15) is 0 Å². The molecule has 1 unspecified atom stereocenters. The fourth-order valence-corrected chi connectivity index (χ4v) is 3.17.